The molecular formula is C83H160N8O19. The number of unbranched alkanes of at least 4 members (excludes halogenated alkanes) is 25. The van der Waals surface area contributed by atoms with E-state index in [9.17, 15) is 58.8 Å². The average molecular weight is 1570 g/mol. The Hall–Kier alpha value is -5.64. The summed E-state index contributed by atoms with van der Waals surface area (Å²) in [5.41, 5.74) is -4.44. The zero-order chi connectivity index (χ0) is 83.4. The zero-order valence-electron chi connectivity index (χ0n) is 72.2. The molecule has 110 heavy (non-hydrogen) atoms. The van der Waals surface area contributed by atoms with Crippen LogP contribution >= 0.6 is 0 Å². The van der Waals surface area contributed by atoms with E-state index in [2.05, 4.69) is 21.3 Å². The van der Waals surface area contributed by atoms with Gasteiger partial charge in [-0.05, 0) is 195 Å². The van der Waals surface area contributed by atoms with Gasteiger partial charge in [-0.3, -0.25) is 9.59 Å². The first-order chi connectivity index (χ1) is 51.3. The van der Waals surface area contributed by atoms with Crippen LogP contribution in [0, 0.1) is 5.92 Å². The molecule has 0 aliphatic heterocycles. The maximum absolute atomic E-state index is 14.3. The van der Waals surface area contributed by atoms with Crippen molar-refractivity contribution in [2.24, 2.45) is 5.92 Å². The van der Waals surface area contributed by atoms with Crippen molar-refractivity contribution in [2.75, 3.05) is 85.1 Å². The highest BCUT2D eigenvalue weighted by atomic mass is 16.6. The van der Waals surface area contributed by atoms with Crippen LogP contribution in [0.5, 0.6) is 0 Å². The van der Waals surface area contributed by atoms with Gasteiger partial charge in [-0.25, -0.2) is 28.8 Å². The smallest absolute Gasteiger partial charge is 0.410 e. The summed E-state index contributed by atoms with van der Waals surface area (Å²) in [6.07, 6.45) is 21.7. The number of aliphatic hydroxyl groups excluding tert-OH is 5. The minimum atomic E-state index is -1.90. The van der Waals surface area contributed by atoms with E-state index < -0.39 is 107 Å². The van der Waals surface area contributed by atoms with Crippen LogP contribution in [0.25, 0.3) is 0 Å². The Bertz CT molecular complexity index is 2380. The lowest BCUT2D eigenvalue weighted by Gasteiger charge is -2.34. The normalized spacial score (nSPS) is 13.3. The van der Waals surface area contributed by atoms with Gasteiger partial charge in [0.2, 0.25) is 5.91 Å². The predicted molar refractivity (Wildman–Crippen MR) is 433 cm³/mol. The van der Waals surface area contributed by atoms with E-state index in [1.54, 1.807) is 103 Å². The largest absolute Gasteiger partial charge is 0.444 e. The van der Waals surface area contributed by atoms with Gasteiger partial charge in [-0.1, -0.05) is 141 Å². The minimum absolute atomic E-state index is 0.0787. The highest BCUT2D eigenvalue weighted by molar-refractivity contribution is 5.81. The molecule has 8 amide bonds. The first-order valence-electron chi connectivity index (χ1n) is 42.0. The third-order valence-electron chi connectivity index (χ3n) is 17.6. The number of ether oxygens (including phenoxy) is 6. The molecule has 0 fully saturated rings. The summed E-state index contributed by atoms with van der Waals surface area (Å²) in [5.74, 6) is -0.975. The molecule has 0 radical (unpaired) electrons. The number of hydrogen-bond donors (Lipinski definition) is 9. The Labute approximate surface area is 664 Å². The minimum Gasteiger partial charge on any atom is -0.444 e. The molecule has 0 aromatic heterocycles. The van der Waals surface area contributed by atoms with Crippen molar-refractivity contribution in [3.8, 4) is 0 Å². The Morgan fingerprint density at radius 1 is 0.300 bits per heavy atom. The van der Waals surface area contributed by atoms with Gasteiger partial charge in [0, 0.05) is 85.0 Å². The fourth-order valence-corrected chi connectivity index (χ4v) is 12.0. The van der Waals surface area contributed by atoms with Crippen LogP contribution in [0.2, 0.25) is 0 Å². The molecule has 0 unspecified atom stereocenters. The summed E-state index contributed by atoms with van der Waals surface area (Å²) in [4.78, 5) is 112. The Morgan fingerprint density at radius 2 is 0.564 bits per heavy atom. The quantitative estimate of drug-likeness (QED) is 0.0202. The molecule has 646 valence electrons. The molecule has 4 atom stereocenters. The molecule has 0 aliphatic rings. The van der Waals surface area contributed by atoms with E-state index in [1.807, 2.05) is 41.5 Å². The second-order valence-electron chi connectivity index (χ2n) is 35.8. The lowest BCUT2D eigenvalue weighted by molar-refractivity contribution is -0.148. The predicted octanol–water partition coefficient (Wildman–Crippen LogP) is 15.1. The lowest BCUT2D eigenvalue weighted by atomic mass is 9.98. The van der Waals surface area contributed by atoms with Crippen LogP contribution in [0.4, 0.5) is 28.8 Å². The molecule has 0 aromatic rings. The fraction of sp³-hybridized carbons (Fsp3) is 0.904. The Kier molecular flexibility index (Phi) is 54.5. The van der Waals surface area contributed by atoms with Crippen molar-refractivity contribution >= 4 is 48.4 Å². The van der Waals surface area contributed by atoms with E-state index >= 15 is 0 Å². The van der Waals surface area contributed by atoms with Gasteiger partial charge in [0.1, 0.15) is 51.9 Å². The zero-order valence-corrected chi connectivity index (χ0v) is 72.2. The molecule has 0 spiro atoms. The maximum atomic E-state index is 14.3. The number of rotatable bonds is 58. The number of carbonyl (C=O) groups is 8. The average Bonchev–Trinajstić information content (AvgIpc) is 0.869. The van der Waals surface area contributed by atoms with Gasteiger partial charge >= 0.3 is 36.6 Å². The first kappa shape index (κ1) is 104. The summed E-state index contributed by atoms with van der Waals surface area (Å²) < 4.78 is 34.5. The van der Waals surface area contributed by atoms with Crippen molar-refractivity contribution in [1.29, 1.82) is 0 Å². The van der Waals surface area contributed by atoms with Gasteiger partial charge in [-0.15, -0.1) is 0 Å². The van der Waals surface area contributed by atoms with E-state index in [0.717, 1.165) is 70.6 Å². The third kappa shape index (κ3) is 60.9. The van der Waals surface area contributed by atoms with Crippen molar-refractivity contribution in [3.05, 3.63) is 0 Å². The van der Waals surface area contributed by atoms with E-state index in [0.29, 0.717) is 104 Å². The van der Waals surface area contributed by atoms with Crippen molar-refractivity contribution in [3.63, 3.8) is 0 Å². The van der Waals surface area contributed by atoms with Crippen LogP contribution in [-0.4, -0.2) is 237 Å². The number of amides is 8. The number of hydrogen-bond acceptors (Lipinski definition) is 19. The molecular weight excluding hydrogens is 1410 g/mol. The number of nitrogens with zero attached hydrogens (tertiary/aromatic N) is 4. The number of aliphatic hydroxyl groups is 5. The Balaban J connectivity index is 5.61. The number of carbonyl (C=O) groups excluding carboxylic acids is 8. The van der Waals surface area contributed by atoms with E-state index in [4.69, 9.17) is 33.5 Å². The van der Waals surface area contributed by atoms with Crippen LogP contribution in [-0.2, 0) is 38.0 Å². The van der Waals surface area contributed by atoms with Gasteiger partial charge in [-0.2, -0.15) is 0 Å². The molecule has 27 heteroatoms. The molecule has 0 bridgehead atoms. The van der Waals surface area contributed by atoms with Gasteiger partial charge in [0.05, 0.1) is 6.61 Å². The molecule has 0 saturated carbocycles. The third-order valence-corrected chi connectivity index (χ3v) is 17.6. The topological polar surface area (TPSA) is 354 Å². The summed E-state index contributed by atoms with van der Waals surface area (Å²) in [7, 11) is 0. The van der Waals surface area contributed by atoms with Crippen LogP contribution in [0.3, 0.4) is 0 Å². The summed E-state index contributed by atoms with van der Waals surface area (Å²) in [6.45, 7) is 35.5. The van der Waals surface area contributed by atoms with Gasteiger partial charge in [0.25, 0.3) is 5.91 Å². The van der Waals surface area contributed by atoms with Crippen molar-refractivity contribution in [2.45, 2.75) is 395 Å². The standard InChI is InChI=1S/C83H160N8O19/c1-78(2,3)105-72(99)86-54-48-60-88(74(101)107-80(7,8)9)56-44-46-58-90(76(103)109-82(13,14)15)62-65(63-91(77(104)110-83(16,17)18)59-47-45-57-89(75(102)108-81(10,11)12)61-49-55-87-73(100)106-79(4,5)6)50-40-37-39-42-52-84-67(94)51-41-36-34-32-30-28-26-24-22-20-19-21-23-25-27-29-31-33-35-38-43-53-85-71(98)70(97)69(96)68(95)66(93)64-92/h65-66,68-70,92-93,95-97H,19-64H2,1-18H3,(H,84,94)(H,85,98)(H,86,99)(H,87,100)/t66-,68-,69+,70-/m1/s1. The van der Waals surface area contributed by atoms with Crippen molar-refractivity contribution < 1.29 is 92.3 Å². The van der Waals surface area contributed by atoms with E-state index in [1.165, 1.54) is 89.9 Å². The number of alkyl carbamates (subject to hydrolysis) is 2. The Morgan fingerprint density at radius 3 is 0.882 bits per heavy atom. The lowest BCUT2D eigenvalue weighted by Crippen LogP contribution is -2.51. The van der Waals surface area contributed by atoms with Crippen LogP contribution in [0.1, 0.15) is 337 Å². The highest BCUT2D eigenvalue weighted by Gasteiger charge is 2.35. The maximum Gasteiger partial charge on any atom is 0.410 e. The molecule has 0 saturated heterocycles. The summed E-state index contributed by atoms with van der Waals surface area (Å²) in [5, 5.41) is 59.0. The fourth-order valence-electron chi connectivity index (χ4n) is 12.0. The van der Waals surface area contributed by atoms with E-state index in [-0.39, 0.29) is 38.0 Å². The molecule has 9 N–H and O–H groups in total. The van der Waals surface area contributed by atoms with Crippen LogP contribution in [0.15, 0.2) is 0 Å². The van der Waals surface area contributed by atoms with Gasteiger partial charge < -0.3 is 94.8 Å². The first-order valence-corrected chi connectivity index (χ1v) is 42.0. The monoisotopic (exact) mass is 1570 g/mol. The second-order valence-corrected chi connectivity index (χ2v) is 35.8. The molecule has 27 nitrogen and oxygen atoms in total. The SMILES string of the molecule is CC(C)(C)OC(=O)NCCCN(CCCCN(CC(CCCCCCNC(=O)CCCCCCCCCCCCCCCCCCCCCCCNC(=O)[C@H](O)[C@@H](O)[C@H](O)[C@H](O)CO)CN(CCCCN(CCCNC(=O)OC(C)(C)C)C(=O)OC(C)(C)C)C(=O)OC(C)(C)C)C(=O)OC(C)(C)C)C(=O)OC(C)(C)C. The number of nitrogens with one attached hydrogen (secondary N) is 4. The van der Waals surface area contributed by atoms with Crippen molar-refractivity contribution in [1.82, 2.24) is 40.9 Å². The van der Waals surface area contributed by atoms with Crippen LogP contribution < -0.4 is 21.3 Å². The summed E-state index contributed by atoms with van der Waals surface area (Å²) >= 11 is 0. The summed E-state index contributed by atoms with van der Waals surface area (Å²) in [6, 6.07) is 0. The molecule has 0 rings (SSSR count). The molecule has 0 aliphatic carbocycles. The second kappa shape index (κ2) is 57.4. The molecule has 0 aromatic carbocycles. The highest BCUT2D eigenvalue weighted by Crippen LogP contribution is 2.23. The molecule has 0 heterocycles. The van der Waals surface area contributed by atoms with Gasteiger partial charge in [0.15, 0.2) is 6.10 Å².